The van der Waals surface area contributed by atoms with Crippen molar-refractivity contribution in [2.24, 2.45) is 0 Å². The zero-order valence-corrected chi connectivity index (χ0v) is 12.5. The molecule has 1 atom stereocenters. The molecule has 2 aliphatic rings. The summed E-state index contributed by atoms with van der Waals surface area (Å²) < 4.78 is 23.3. The van der Waals surface area contributed by atoms with Crippen molar-refractivity contribution < 1.29 is 13.2 Å². The summed E-state index contributed by atoms with van der Waals surface area (Å²) >= 11 is 5.93. The lowest BCUT2D eigenvalue weighted by Gasteiger charge is -2.28. The van der Waals surface area contributed by atoms with Crippen LogP contribution in [-0.4, -0.2) is 42.8 Å². The third kappa shape index (κ3) is 2.83. The van der Waals surface area contributed by atoms with Crippen molar-refractivity contribution in [1.82, 2.24) is 4.90 Å². The van der Waals surface area contributed by atoms with E-state index in [4.69, 9.17) is 11.6 Å². The van der Waals surface area contributed by atoms with Crippen LogP contribution in [0.15, 0.2) is 24.3 Å². The molecule has 0 spiro atoms. The second-order valence-electron chi connectivity index (χ2n) is 5.51. The molecule has 108 valence electrons. The van der Waals surface area contributed by atoms with Gasteiger partial charge in [0.15, 0.2) is 9.84 Å². The average Bonchev–Trinajstić information content (AvgIpc) is 3.14. The van der Waals surface area contributed by atoms with Gasteiger partial charge < -0.3 is 4.90 Å². The quantitative estimate of drug-likeness (QED) is 0.859. The fraction of sp³-hybridized carbons (Fsp3) is 0.500. The van der Waals surface area contributed by atoms with Gasteiger partial charge in [-0.05, 0) is 37.5 Å². The lowest BCUT2D eigenvalue weighted by molar-refractivity contribution is 0.0681. The van der Waals surface area contributed by atoms with E-state index in [0.717, 1.165) is 12.8 Å². The molecule has 20 heavy (non-hydrogen) atoms. The van der Waals surface area contributed by atoms with Crippen molar-refractivity contribution in [3.05, 3.63) is 34.9 Å². The predicted octanol–water partition coefficient (Wildman–Crippen LogP) is 2.13. The Morgan fingerprint density at radius 3 is 2.50 bits per heavy atom. The maximum atomic E-state index is 12.6. The molecule has 1 saturated heterocycles. The number of halogens is 1. The Morgan fingerprint density at radius 2 is 1.95 bits per heavy atom. The number of nitrogens with zero attached hydrogens (tertiary/aromatic N) is 1. The molecular weight excluding hydrogens is 298 g/mol. The molecule has 0 aromatic heterocycles. The van der Waals surface area contributed by atoms with Crippen LogP contribution in [0.1, 0.15) is 29.6 Å². The molecule has 1 aliphatic heterocycles. The van der Waals surface area contributed by atoms with Crippen molar-refractivity contribution in [1.29, 1.82) is 0 Å². The number of hydrogen-bond acceptors (Lipinski definition) is 3. The summed E-state index contributed by atoms with van der Waals surface area (Å²) in [6.45, 7) is 0. The van der Waals surface area contributed by atoms with Gasteiger partial charge in [0.05, 0.1) is 11.5 Å². The number of carbonyl (C=O) groups excluding carboxylic acids is 1. The molecule has 1 aliphatic carbocycles. The van der Waals surface area contributed by atoms with E-state index in [1.807, 2.05) is 0 Å². The summed E-state index contributed by atoms with van der Waals surface area (Å²) in [6, 6.07) is 6.85. The van der Waals surface area contributed by atoms with E-state index >= 15 is 0 Å². The first kappa shape index (κ1) is 13.9. The Kier molecular flexibility index (Phi) is 3.50. The van der Waals surface area contributed by atoms with Crippen molar-refractivity contribution >= 4 is 27.3 Å². The molecule has 2 fully saturated rings. The van der Waals surface area contributed by atoms with Gasteiger partial charge in [-0.2, -0.15) is 0 Å². The summed E-state index contributed by atoms with van der Waals surface area (Å²) in [5.41, 5.74) is 0.536. The van der Waals surface area contributed by atoms with E-state index in [9.17, 15) is 13.2 Å². The van der Waals surface area contributed by atoms with Gasteiger partial charge in [-0.1, -0.05) is 17.7 Å². The van der Waals surface area contributed by atoms with Crippen LogP contribution in [0.3, 0.4) is 0 Å². The first-order chi connectivity index (χ1) is 9.46. The maximum absolute atomic E-state index is 12.6. The molecule has 1 saturated carbocycles. The number of carbonyl (C=O) groups is 1. The SMILES string of the molecule is O=C(c1cccc(Cl)c1)N(C1CC1)C1CCS(=O)(=O)C1. The highest BCUT2D eigenvalue weighted by Gasteiger charge is 2.42. The third-order valence-electron chi connectivity index (χ3n) is 3.85. The molecule has 1 unspecified atom stereocenters. The fourth-order valence-electron chi connectivity index (χ4n) is 2.75. The van der Waals surface area contributed by atoms with Crippen molar-refractivity contribution in [3.8, 4) is 0 Å². The molecule has 1 amide bonds. The summed E-state index contributed by atoms with van der Waals surface area (Å²) in [5.74, 6) is 0.177. The third-order valence-corrected chi connectivity index (χ3v) is 5.83. The van der Waals surface area contributed by atoms with Gasteiger partial charge in [0.1, 0.15) is 0 Å². The Balaban J connectivity index is 1.86. The van der Waals surface area contributed by atoms with Gasteiger partial charge >= 0.3 is 0 Å². The van der Waals surface area contributed by atoms with Crippen LogP contribution in [0.5, 0.6) is 0 Å². The van der Waals surface area contributed by atoms with Crippen LogP contribution in [0.25, 0.3) is 0 Å². The van der Waals surface area contributed by atoms with Crippen molar-refractivity contribution in [2.75, 3.05) is 11.5 Å². The van der Waals surface area contributed by atoms with Gasteiger partial charge in [0.2, 0.25) is 0 Å². The summed E-state index contributed by atoms with van der Waals surface area (Å²) in [5, 5.41) is 0.519. The van der Waals surface area contributed by atoms with Crippen LogP contribution in [0.2, 0.25) is 5.02 Å². The van der Waals surface area contributed by atoms with Gasteiger partial charge in [-0.3, -0.25) is 4.79 Å². The topological polar surface area (TPSA) is 54.5 Å². The zero-order chi connectivity index (χ0) is 14.3. The van der Waals surface area contributed by atoms with Gasteiger partial charge in [-0.25, -0.2) is 8.42 Å². The monoisotopic (exact) mass is 313 g/mol. The summed E-state index contributed by atoms with van der Waals surface area (Å²) in [7, 11) is -2.99. The van der Waals surface area contributed by atoms with Gasteiger partial charge in [0.25, 0.3) is 5.91 Å². The first-order valence-corrected chi connectivity index (χ1v) is 8.95. The Hall–Kier alpha value is -1.07. The average molecular weight is 314 g/mol. The van der Waals surface area contributed by atoms with Crippen LogP contribution in [0, 0.1) is 0 Å². The van der Waals surface area contributed by atoms with Gasteiger partial charge in [-0.15, -0.1) is 0 Å². The molecule has 0 bridgehead atoms. The number of sulfone groups is 1. The maximum Gasteiger partial charge on any atom is 0.254 e. The molecule has 4 nitrogen and oxygen atoms in total. The second kappa shape index (κ2) is 5.04. The fourth-order valence-corrected chi connectivity index (χ4v) is 4.65. The summed E-state index contributed by atoms with van der Waals surface area (Å²) in [6.07, 6.45) is 2.47. The van der Waals surface area contributed by atoms with Crippen LogP contribution in [0.4, 0.5) is 0 Å². The Labute approximate surface area is 123 Å². The highest BCUT2D eigenvalue weighted by molar-refractivity contribution is 7.91. The van der Waals surface area contributed by atoms with Crippen LogP contribution >= 0.6 is 11.6 Å². The van der Waals surface area contributed by atoms with Crippen molar-refractivity contribution in [3.63, 3.8) is 0 Å². The Bertz CT molecular complexity index is 640. The highest BCUT2D eigenvalue weighted by Crippen LogP contribution is 2.33. The minimum atomic E-state index is -2.99. The number of benzene rings is 1. The van der Waals surface area contributed by atoms with E-state index < -0.39 is 9.84 Å². The Morgan fingerprint density at radius 1 is 1.20 bits per heavy atom. The van der Waals surface area contributed by atoms with Crippen LogP contribution < -0.4 is 0 Å². The molecule has 6 heteroatoms. The van der Waals surface area contributed by atoms with E-state index in [2.05, 4.69) is 0 Å². The summed E-state index contributed by atoms with van der Waals surface area (Å²) in [4.78, 5) is 14.4. The van der Waals surface area contributed by atoms with E-state index in [-0.39, 0.29) is 29.5 Å². The molecule has 0 radical (unpaired) electrons. The molecule has 1 aromatic carbocycles. The lowest BCUT2D eigenvalue weighted by Crippen LogP contribution is -2.42. The van der Waals surface area contributed by atoms with Crippen molar-refractivity contribution in [2.45, 2.75) is 31.3 Å². The standard InChI is InChI=1S/C14H16ClNO3S/c15-11-3-1-2-10(8-11)14(17)16(12-4-5-12)13-6-7-20(18,19)9-13/h1-3,8,12-13H,4-7,9H2. The molecule has 0 N–H and O–H groups in total. The normalized spacial score (nSPS) is 24.6. The predicted molar refractivity (Wildman–Crippen MR) is 77.7 cm³/mol. The first-order valence-electron chi connectivity index (χ1n) is 6.75. The minimum Gasteiger partial charge on any atom is -0.332 e. The number of hydrogen-bond donors (Lipinski definition) is 0. The smallest absolute Gasteiger partial charge is 0.254 e. The lowest BCUT2D eigenvalue weighted by atomic mass is 10.1. The van der Waals surface area contributed by atoms with Gasteiger partial charge in [0, 0.05) is 22.7 Å². The zero-order valence-electron chi connectivity index (χ0n) is 11.0. The molecule has 1 aromatic rings. The number of rotatable bonds is 3. The van der Waals surface area contributed by atoms with E-state index in [0.29, 0.717) is 17.0 Å². The number of amides is 1. The van der Waals surface area contributed by atoms with E-state index in [1.54, 1.807) is 29.2 Å². The molecule has 1 heterocycles. The van der Waals surface area contributed by atoms with Crippen LogP contribution in [-0.2, 0) is 9.84 Å². The second-order valence-corrected chi connectivity index (χ2v) is 8.18. The molecular formula is C14H16ClNO3S. The largest absolute Gasteiger partial charge is 0.332 e. The highest BCUT2D eigenvalue weighted by atomic mass is 35.5. The minimum absolute atomic E-state index is 0.0931. The molecule has 3 rings (SSSR count). The van der Waals surface area contributed by atoms with E-state index in [1.165, 1.54) is 0 Å².